The topological polar surface area (TPSA) is 91.1 Å². The molecule has 0 bridgehead atoms. The summed E-state index contributed by atoms with van der Waals surface area (Å²) in [5, 5.41) is 12.6. The van der Waals surface area contributed by atoms with Crippen molar-refractivity contribution in [2.75, 3.05) is 13.2 Å². The van der Waals surface area contributed by atoms with Crippen molar-refractivity contribution in [2.24, 2.45) is 5.73 Å². The quantitative estimate of drug-likeness (QED) is 0.552. The summed E-state index contributed by atoms with van der Waals surface area (Å²) in [6.45, 7) is 0.814. The molecule has 1 heterocycles. The minimum atomic E-state index is -0.540. The van der Waals surface area contributed by atoms with Crippen LogP contribution in [0.25, 0.3) is 10.9 Å². The minimum Gasteiger partial charge on any atom is -0.396 e. The number of hydrogen-bond acceptors (Lipinski definition) is 3. The number of amides is 1. The fraction of sp³-hybridized carbons (Fsp3) is 0.438. The Balaban J connectivity index is 1.83. The van der Waals surface area contributed by atoms with Crippen molar-refractivity contribution in [1.82, 2.24) is 10.3 Å². The van der Waals surface area contributed by atoms with Crippen LogP contribution in [0.5, 0.6) is 0 Å². The first-order valence-corrected chi connectivity index (χ1v) is 7.41. The lowest BCUT2D eigenvalue weighted by Crippen LogP contribution is -2.42. The summed E-state index contributed by atoms with van der Waals surface area (Å²) in [7, 11) is 0. The maximum Gasteiger partial charge on any atom is 0.237 e. The molecule has 1 amide bonds. The van der Waals surface area contributed by atoms with Crippen LogP contribution in [0.2, 0.25) is 0 Å². The van der Waals surface area contributed by atoms with Crippen LogP contribution >= 0.6 is 0 Å². The zero-order valence-electron chi connectivity index (χ0n) is 12.1. The number of para-hydroxylation sites is 1. The number of unbranched alkanes of at least 4 members (excludes halogenated alkanes) is 2. The summed E-state index contributed by atoms with van der Waals surface area (Å²) in [6.07, 6.45) is 4.99. The monoisotopic (exact) mass is 289 g/mol. The second-order valence-electron chi connectivity index (χ2n) is 5.25. The average Bonchev–Trinajstić information content (AvgIpc) is 2.90. The van der Waals surface area contributed by atoms with Crippen LogP contribution in [-0.2, 0) is 11.2 Å². The molecular formula is C16H23N3O2. The van der Waals surface area contributed by atoms with Crippen LogP contribution in [0.15, 0.2) is 30.5 Å². The van der Waals surface area contributed by atoms with E-state index < -0.39 is 6.04 Å². The van der Waals surface area contributed by atoms with Gasteiger partial charge in [0, 0.05) is 30.3 Å². The summed E-state index contributed by atoms with van der Waals surface area (Å²) in [6, 6.07) is 7.45. The molecule has 5 N–H and O–H groups in total. The molecule has 2 rings (SSSR count). The van der Waals surface area contributed by atoms with Crippen LogP contribution in [-0.4, -0.2) is 35.2 Å². The fourth-order valence-corrected chi connectivity index (χ4v) is 2.39. The molecule has 1 aromatic carbocycles. The van der Waals surface area contributed by atoms with Gasteiger partial charge in [-0.2, -0.15) is 0 Å². The third kappa shape index (κ3) is 4.31. The summed E-state index contributed by atoms with van der Waals surface area (Å²) >= 11 is 0. The molecule has 0 aliphatic heterocycles. The summed E-state index contributed by atoms with van der Waals surface area (Å²) < 4.78 is 0. The van der Waals surface area contributed by atoms with Gasteiger partial charge in [0.25, 0.3) is 0 Å². The van der Waals surface area contributed by atoms with Gasteiger partial charge in [-0.15, -0.1) is 0 Å². The van der Waals surface area contributed by atoms with E-state index in [0.29, 0.717) is 13.0 Å². The first-order valence-electron chi connectivity index (χ1n) is 7.41. The van der Waals surface area contributed by atoms with Crippen molar-refractivity contribution in [3.8, 4) is 0 Å². The number of aliphatic hydroxyl groups is 1. The Hall–Kier alpha value is -1.85. The molecule has 1 aromatic heterocycles. The Morgan fingerprint density at radius 2 is 2.10 bits per heavy atom. The maximum atomic E-state index is 11.9. The highest BCUT2D eigenvalue weighted by atomic mass is 16.2. The van der Waals surface area contributed by atoms with Gasteiger partial charge in [-0.1, -0.05) is 18.2 Å². The summed E-state index contributed by atoms with van der Waals surface area (Å²) in [5.41, 5.74) is 8.10. The first-order chi connectivity index (χ1) is 10.2. The van der Waals surface area contributed by atoms with E-state index in [0.717, 1.165) is 35.7 Å². The Morgan fingerprint density at radius 3 is 2.90 bits per heavy atom. The Kier molecular flexibility index (Phi) is 5.78. The lowest BCUT2D eigenvalue weighted by Gasteiger charge is -2.11. The predicted molar refractivity (Wildman–Crippen MR) is 83.9 cm³/mol. The maximum absolute atomic E-state index is 11.9. The third-order valence-corrected chi connectivity index (χ3v) is 3.59. The van der Waals surface area contributed by atoms with E-state index in [1.807, 2.05) is 30.5 Å². The number of rotatable bonds is 8. The van der Waals surface area contributed by atoms with Crippen molar-refractivity contribution in [2.45, 2.75) is 31.7 Å². The second-order valence-corrected chi connectivity index (χ2v) is 5.25. The van der Waals surface area contributed by atoms with E-state index in [9.17, 15) is 4.79 Å². The van der Waals surface area contributed by atoms with Gasteiger partial charge in [0.1, 0.15) is 0 Å². The van der Waals surface area contributed by atoms with Crippen molar-refractivity contribution in [3.63, 3.8) is 0 Å². The van der Waals surface area contributed by atoms with Gasteiger partial charge in [0.05, 0.1) is 6.04 Å². The van der Waals surface area contributed by atoms with E-state index in [4.69, 9.17) is 10.8 Å². The number of nitrogens with one attached hydrogen (secondary N) is 2. The van der Waals surface area contributed by atoms with Crippen molar-refractivity contribution in [3.05, 3.63) is 36.0 Å². The molecule has 0 unspecified atom stereocenters. The zero-order valence-corrected chi connectivity index (χ0v) is 12.1. The lowest BCUT2D eigenvalue weighted by molar-refractivity contribution is -0.122. The number of aromatic amines is 1. The average molecular weight is 289 g/mol. The molecule has 114 valence electrons. The number of aromatic nitrogens is 1. The number of carbonyl (C=O) groups is 1. The van der Waals surface area contributed by atoms with Crippen LogP contribution < -0.4 is 11.1 Å². The normalized spacial score (nSPS) is 12.5. The highest BCUT2D eigenvalue weighted by Crippen LogP contribution is 2.18. The molecule has 0 aliphatic carbocycles. The molecule has 5 nitrogen and oxygen atoms in total. The molecule has 0 radical (unpaired) electrons. The molecular weight excluding hydrogens is 266 g/mol. The molecule has 5 heteroatoms. The number of benzene rings is 1. The first kappa shape index (κ1) is 15.5. The van der Waals surface area contributed by atoms with Gasteiger partial charge in [0.2, 0.25) is 5.91 Å². The Bertz CT molecular complexity index is 580. The van der Waals surface area contributed by atoms with E-state index in [-0.39, 0.29) is 12.5 Å². The minimum absolute atomic E-state index is 0.121. The fourth-order valence-electron chi connectivity index (χ4n) is 2.39. The highest BCUT2D eigenvalue weighted by Gasteiger charge is 2.15. The van der Waals surface area contributed by atoms with Gasteiger partial charge in [-0.3, -0.25) is 4.79 Å². The van der Waals surface area contributed by atoms with Crippen LogP contribution in [0, 0.1) is 0 Å². The molecule has 0 saturated carbocycles. The molecule has 2 aromatic rings. The number of fused-ring (bicyclic) bond motifs is 1. The van der Waals surface area contributed by atoms with Gasteiger partial charge in [-0.05, 0) is 37.3 Å². The van der Waals surface area contributed by atoms with E-state index in [1.54, 1.807) is 0 Å². The Morgan fingerprint density at radius 1 is 1.29 bits per heavy atom. The van der Waals surface area contributed by atoms with Crippen molar-refractivity contribution in [1.29, 1.82) is 0 Å². The zero-order chi connectivity index (χ0) is 15.1. The van der Waals surface area contributed by atoms with Crippen LogP contribution in [0.1, 0.15) is 24.8 Å². The van der Waals surface area contributed by atoms with Gasteiger partial charge in [0.15, 0.2) is 0 Å². The number of nitrogens with two attached hydrogens (primary N) is 1. The summed E-state index contributed by atoms with van der Waals surface area (Å²) in [4.78, 5) is 15.1. The van der Waals surface area contributed by atoms with Crippen LogP contribution in [0.3, 0.4) is 0 Å². The third-order valence-electron chi connectivity index (χ3n) is 3.59. The smallest absolute Gasteiger partial charge is 0.237 e. The van der Waals surface area contributed by atoms with Crippen molar-refractivity contribution < 1.29 is 9.90 Å². The van der Waals surface area contributed by atoms with Crippen molar-refractivity contribution >= 4 is 16.8 Å². The number of H-pyrrole nitrogens is 1. The standard InChI is InChI=1S/C16H23N3O2/c17-14(16(21)18-8-4-1-5-9-20)10-12-11-19-15-7-3-2-6-13(12)15/h2-3,6-7,11,14,19-20H,1,4-5,8-10,17H2,(H,18,21)/t14-/m0/s1. The predicted octanol–water partition coefficient (Wildman–Crippen LogP) is 1.32. The summed E-state index contributed by atoms with van der Waals surface area (Å²) in [5.74, 6) is -0.121. The van der Waals surface area contributed by atoms with Gasteiger partial charge < -0.3 is 21.1 Å². The van der Waals surface area contributed by atoms with E-state index in [1.165, 1.54) is 0 Å². The molecule has 21 heavy (non-hydrogen) atoms. The molecule has 0 spiro atoms. The molecule has 0 aliphatic rings. The van der Waals surface area contributed by atoms with Crippen LogP contribution in [0.4, 0.5) is 0 Å². The van der Waals surface area contributed by atoms with E-state index in [2.05, 4.69) is 10.3 Å². The van der Waals surface area contributed by atoms with E-state index >= 15 is 0 Å². The number of carbonyl (C=O) groups excluding carboxylic acids is 1. The number of aliphatic hydroxyl groups excluding tert-OH is 1. The largest absolute Gasteiger partial charge is 0.396 e. The molecule has 0 fully saturated rings. The Labute approximate surface area is 124 Å². The highest BCUT2D eigenvalue weighted by molar-refractivity contribution is 5.86. The molecule has 1 atom stereocenters. The SMILES string of the molecule is N[C@@H](Cc1c[nH]c2ccccc12)C(=O)NCCCCCO. The van der Waals surface area contributed by atoms with Gasteiger partial charge in [-0.25, -0.2) is 0 Å². The number of hydrogen-bond donors (Lipinski definition) is 4. The lowest BCUT2D eigenvalue weighted by atomic mass is 10.1. The molecule has 0 saturated heterocycles. The second kappa shape index (κ2) is 7.81. The van der Waals surface area contributed by atoms with Gasteiger partial charge >= 0.3 is 0 Å².